The van der Waals surface area contributed by atoms with Crippen LogP contribution in [0.15, 0.2) is 0 Å². The van der Waals surface area contributed by atoms with E-state index in [-0.39, 0.29) is 26.2 Å². The molecule has 0 aromatic rings. The van der Waals surface area contributed by atoms with Gasteiger partial charge in [-0.05, 0) is 40.0 Å². The minimum atomic E-state index is -1.93. The van der Waals surface area contributed by atoms with E-state index in [0.29, 0.717) is 19.8 Å². The van der Waals surface area contributed by atoms with Gasteiger partial charge in [-0.2, -0.15) is 6.92 Å². The van der Waals surface area contributed by atoms with Gasteiger partial charge in [0.15, 0.2) is 0 Å². The van der Waals surface area contributed by atoms with Gasteiger partial charge in [0, 0.05) is 17.9 Å². The van der Waals surface area contributed by atoms with Crippen molar-refractivity contribution in [2.24, 2.45) is 0 Å². The first-order valence-electron chi connectivity index (χ1n) is 10.7. The summed E-state index contributed by atoms with van der Waals surface area (Å²) in [5.41, 5.74) is 0. The van der Waals surface area contributed by atoms with Crippen molar-refractivity contribution in [2.45, 2.75) is 93.0 Å². The molecule has 0 aliphatic heterocycles. The molecular formula is C22H42O11Zr. The molecule has 0 aromatic carbocycles. The van der Waals surface area contributed by atoms with Gasteiger partial charge in [0.1, 0.15) is 0 Å². The zero-order valence-electron chi connectivity index (χ0n) is 21.6. The summed E-state index contributed by atoms with van der Waals surface area (Å²) < 4.78 is 16.1. The van der Waals surface area contributed by atoms with Crippen LogP contribution >= 0.6 is 0 Å². The van der Waals surface area contributed by atoms with E-state index in [4.69, 9.17) is 43.9 Å². The second-order valence-electron chi connectivity index (χ2n) is 5.94. The molecule has 0 atom stereocenters. The summed E-state index contributed by atoms with van der Waals surface area (Å²) in [6.45, 7) is 14.9. The third-order valence-corrected chi connectivity index (χ3v) is 2.63. The third kappa shape index (κ3) is 52.5. The molecule has 34 heavy (non-hydrogen) atoms. The van der Waals surface area contributed by atoms with Crippen molar-refractivity contribution in [3.05, 3.63) is 6.92 Å². The van der Waals surface area contributed by atoms with Crippen molar-refractivity contribution >= 4 is 23.9 Å². The fourth-order valence-corrected chi connectivity index (χ4v) is 1.36. The first-order valence-corrected chi connectivity index (χ1v) is 10.7. The van der Waals surface area contributed by atoms with Crippen LogP contribution in [-0.2, 0) is 59.6 Å². The zero-order chi connectivity index (χ0) is 27.3. The smallest absolute Gasteiger partial charge is 0.550 e. The van der Waals surface area contributed by atoms with Crippen LogP contribution in [0.3, 0.4) is 0 Å². The Morgan fingerprint density at radius 2 is 0.853 bits per heavy atom. The molecule has 0 amide bonds. The molecule has 0 aliphatic carbocycles. The molecule has 0 radical (unpaired) electrons. The van der Waals surface area contributed by atoms with Crippen molar-refractivity contribution in [1.29, 1.82) is 0 Å². The zero-order valence-corrected chi connectivity index (χ0v) is 24.1. The second kappa shape index (κ2) is 36.2. The number of rotatable bonds is 13. The Labute approximate surface area is 223 Å². The number of aliphatic carboxylic acids is 4. The summed E-state index contributed by atoms with van der Waals surface area (Å²) in [7, 11) is 0. The maximum absolute atomic E-state index is 11.4. The topological polar surface area (TPSA) is 185 Å². The molecule has 0 rings (SSSR count). The largest absolute Gasteiger partial charge is 4.00 e. The number of hydrogen-bond acceptors (Lipinski definition) is 10. The van der Waals surface area contributed by atoms with Crippen molar-refractivity contribution < 1.29 is 80.0 Å². The van der Waals surface area contributed by atoms with Gasteiger partial charge >= 0.3 is 38.1 Å². The van der Waals surface area contributed by atoms with Gasteiger partial charge < -0.3 is 55.9 Å². The number of hydrogen-bond donors (Lipinski definition) is 1. The van der Waals surface area contributed by atoms with Gasteiger partial charge in [-0.3, -0.25) is 0 Å². The fourth-order valence-electron chi connectivity index (χ4n) is 1.36. The summed E-state index contributed by atoms with van der Waals surface area (Å²) in [4.78, 5) is 38.1. The van der Waals surface area contributed by atoms with Crippen molar-refractivity contribution in [3.63, 3.8) is 0 Å². The van der Waals surface area contributed by atoms with E-state index in [9.17, 15) is 9.90 Å². The van der Waals surface area contributed by atoms with Crippen molar-refractivity contribution in [1.82, 2.24) is 0 Å². The molecule has 0 bridgehead atoms. The van der Waals surface area contributed by atoms with Crippen LogP contribution in [-0.4, -0.2) is 54.8 Å². The summed E-state index contributed by atoms with van der Waals surface area (Å²) in [6.07, 6.45) is 5.13. The van der Waals surface area contributed by atoms with E-state index in [2.05, 4.69) is 6.92 Å². The molecule has 0 aromatic heterocycles. The van der Waals surface area contributed by atoms with E-state index in [1.54, 1.807) is 6.92 Å². The number of carbonyl (C=O) groups is 4. The molecule has 0 unspecified atom stereocenters. The summed E-state index contributed by atoms with van der Waals surface area (Å²) >= 11 is 0. The average Bonchev–Trinajstić information content (AvgIpc) is 2.68. The van der Waals surface area contributed by atoms with Crippen LogP contribution in [0.2, 0.25) is 0 Å². The maximum atomic E-state index is 11.4. The molecule has 0 saturated carbocycles. The van der Waals surface area contributed by atoms with Crippen molar-refractivity contribution in [2.75, 3.05) is 19.8 Å². The van der Waals surface area contributed by atoms with Crippen LogP contribution in [0.1, 0.15) is 87.0 Å². The number of carboxylic acids is 4. The maximum Gasteiger partial charge on any atom is 4.00 e. The molecule has 0 spiro atoms. The van der Waals surface area contributed by atoms with Crippen LogP contribution in [0.4, 0.5) is 0 Å². The Balaban J connectivity index is -0.000000107. The second-order valence-corrected chi connectivity index (χ2v) is 5.94. The van der Waals surface area contributed by atoms with Crippen LogP contribution in [0.5, 0.6) is 0 Å². The molecule has 0 aliphatic rings. The van der Waals surface area contributed by atoms with E-state index in [0.717, 1.165) is 59.3 Å². The normalized spacial score (nSPS) is 8.94. The molecular weight excluding hydrogens is 531 g/mol. The van der Waals surface area contributed by atoms with Crippen molar-refractivity contribution in [3.8, 4) is 0 Å². The molecule has 0 fully saturated rings. The van der Waals surface area contributed by atoms with Gasteiger partial charge in [0.2, 0.25) is 0 Å². The van der Waals surface area contributed by atoms with E-state index >= 15 is 0 Å². The SMILES string of the molecule is CC(=O)[O-].CC(=O)[O-].CC(=O)[O-].CCCCOC(OCCCC)(OCCCC)C(=O)O.[CH2-]C.[Zr+4]. The Morgan fingerprint density at radius 1 is 0.676 bits per heavy atom. The van der Waals surface area contributed by atoms with E-state index < -0.39 is 29.9 Å². The summed E-state index contributed by atoms with van der Waals surface area (Å²) in [5, 5.41) is 36.0. The Bertz CT molecular complexity index is 405. The summed E-state index contributed by atoms with van der Waals surface area (Å²) in [5.74, 6) is -6.39. The number of unbranched alkanes of at least 4 members (excludes halogenated alkanes) is 3. The Morgan fingerprint density at radius 3 is 0.971 bits per heavy atom. The monoisotopic (exact) mass is 572 g/mol. The van der Waals surface area contributed by atoms with Gasteiger partial charge in [-0.15, -0.1) is 0 Å². The minimum Gasteiger partial charge on any atom is -0.550 e. The molecule has 0 heterocycles. The van der Waals surface area contributed by atoms with Gasteiger partial charge in [0.25, 0.3) is 0 Å². The van der Waals surface area contributed by atoms with Crippen LogP contribution in [0.25, 0.3) is 0 Å². The van der Waals surface area contributed by atoms with Crippen LogP contribution in [0, 0.1) is 6.92 Å². The average molecular weight is 574 g/mol. The molecule has 200 valence electrons. The van der Waals surface area contributed by atoms with Gasteiger partial charge in [-0.1, -0.05) is 40.0 Å². The van der Waals surface area contributed by atoms with Gasteiger partial charge in [-0.25, -0.2) is 4.79 Å². The number of ether oxygens (including phenoxy) is 3. The Kier molecular flexibility index (Phi) is 49.0. The first-order chi connectivity index (χ1) is 15.3. The fraction of sp³-hybridized carbons (Fsp3) is 0.773. The molecule has 1 N–H and O–H groups in total. The predicted octanol–water partition coefficient (Wildman–Crippen LogP) is 0.281. The molecule has 0 saturated heterocycles. The number of carbonyl (C=O) groups excluding carboxylic acids is 3. The minimum absolute atomic E-state index is 0. The third-order valence-electron chi connectivity index (χ3n) is 2.63. The predicted molar refractivity (Wildman–Crippen MR) is 116 cm³/mol. The summed E-state index contributed by atoms with van der Waals surface area (Å²) in [6, 6.07) is 0. The van der Waals surface area contributed by atoms with Crippen LogP contribution < -0.4 is 15.3 Å². The number of carboxylic acid groups (broad SMARTS) is 4. The first kappa shape index (κ1) is 46.0. The Hall–Kier alpha value is -1.36. The standard InChI is InChI=1S/C14H28O5.3C2H4O2.C2H5.Zr/c1-4-7-10-17-14(13(15)16,18-11-8-5-2)19-12-9-6-3;3*1-2(3)4;1-2;/h4-12H2,1-3H3,(H,15,16);3*1H3,(H,3,4);1H2,2H3;/q;;;;-1;+4/p-3. The van der Waals surface area contributed by atoms with Gasteiger partial charge in [0.05, 0.1) is 19.8 Å². The van der Waals surface area contributed by atoms with E-state index in [1.165, 1.54) is 0 Å². The molecule has 11 nitrogen and oxygen atoms in total. The molecule has 12 heteroatoms. The quantitative estimate of drug-likeness (QED) is 0.181. The van der Waals surface area contributed by atoms with E-state index in [1.807, 2.05) is 20.8 Å².